The highest BCUT2D eigenvalue weighted by molar-refractivity contribution is 7.30. The molecule has 8 heavy (non-hydrogen) atoms. The minimum atomic E-state index is -3.13. The fraction of sp³-hybridized carbons (Fsp3) is 0. The molecule has 0 aliphatic heterocycles. The summed E-state index contributed by atoms with van der Waals surface area (Å²) in [4.78, 5) is 14.3. The lowest BCUT2D eigenvalue weighted by molar-refractivity contribution is 0.405. The molecule has 5 nitrogen and oxygen atoms in total. The first-order chi connectivity index (χ1) is 1.73. The predicted octanol–water partition coefficient (Wildman–Crippen LogP) is -0.0103. The maximum Gasteiger partial charge on any atom is 0.314 e. The molecule has 8 N–H and O–H groups in total. The third-order valence-corrected chi connectivity index (χ3v) is 0. The van der Waals surface area contributed by atoms with Crippen molar-refractivity contribution in [1.82, 2.24) is 12.3 Å². The van der Waals surface area contributed by atoms with E-state index in [2.05, 4.69) is 0 Å². The highest BCUT2D eigenvalue weighted by atomic mass is 31.1. The summed E-state index contributed by atoms with van der Waals surface area (Å²) >= 11 is 0. The lowest BCUT2D eigenvalue weighted by Gasteiger charge is -1.61. The second-order valence-corrected chi connectivity index (χ2v) is 0.848. The quantitative estimate of drug-likeness (QED) is 0.366. The van der Waals surface area contributed by atoms with Gasteiger partial charge in [-0.15, -0.1) is 0 Å². The van der Waals surface area contributed by atoms with Crippen LogP contribution in [0.25, 0.3) is 0 Å². The Balaban J connectivity index is -0.00000000750. The lowest BCUT2D eigenvalue weighted by Crippen LogP contribution is -1.38. The van der Waals surface area contributed by atoms with Crippen molar-refractivity contribution in [2.45, 2.75) is 0 Å². The van der Waals surface area contributed by atoms with Crippen LogP contribution in [0.3, 0.4) is 0 Å². The molecular formula is H11F2N2O3P. The standard InChI is InChI=1S/2FH.2H3N.H3O3P/c;;;;1-4(2)3/h2*1H;2*1H3;4H,(H2,1,2,3). The van der Waals surface area contributed by atoms with Crippen LogP contribution in [0.2, 0.25) is 0 Å². The van der Waals surface area contributed by atoms with E-state index in [1.54, 1.807) is 0 Å². The van der Waals surface area contributed by atoms with Gasteiger partial charge < -0.3 is 22.1 Å². The molecule has 0 unspecified atom stereocenters. The molecule has 0 heterocycles. The molecule has 0 saturated heterocycles. The molecule has 0 fully saturated rings. The van der Waals surface area contributed by atoms with Crippen molar-refractivity contribution in [3.05, 3.63) is 0 Å². The largest absolute Gasteiger partial charge is 0.344 e. The van der Waals surface area contributed by atoms with Gasteiger partial charge in [0.05, 0.1) is 0 Å². The highest BCUT2D eigenvalue weighted by Gasteiger charge is 1.61. The van der Waals surface area contributed by atoms with Gasteiger partial charge in [0.25, 0.3) is 0 Å². The second-order valence-electron chi connectivity index (χ2n) is 0.283. The zero-order chi connectivity index (χ0) is 3.58. The van der Waals surface area contributed by atoms with E-state index in [-0.39, 0.29) is 21.7 Å². The van der Waals surface area contributed by atoms with Gasteiger partial charge in [-0.1, -0.05) is 0 Å². The first-order valence-corrected chi connectivity index (χ1v) is 1.95. The molecule has 0 bridgehead atoms. The molecule has 0 atom stereocenters. The summed E-state index contributed by atoms with van der Waals surface area (Å²) in [5, 5.41) is 0. The Hall–Kier alpha value is -0.0700. The Morgan fingerprint density at radius 1 is 1.00 bits per heavy atom. The van der Waals surface area contributed by atoms with Gasteiger partial charge in [0.1, 0.15) is 0 Å². The van der Waals surface area contributed by atoms with Crippen LogP contribution in [0.1, 0.15) is 0 Å². The van der Waals surface area contributed by atoms with Crippen molar-refractivity contribution >= 4 is 8.25 Å². The zero-order valence-electron chi connectivity index (χ0n) is 4.03. The van der Waals surface area contributed by atoms with Gasteiger partial charge in [-0.25, -0.2) is 0 Å². The van der Waals surface area contributed by atoms with E-state index in [0.717, 1.165) is 0 Å². The summed E-state index contributed by atoms with van der Waals surface area (Å²) in [6.45, 7) is 0. The first kappa shape index (κ1) is 44.4. The van der Waals surface area contributed by atoms with E-state index in [1.807, 2.05) is 0 Å². The molecule has 58 valence electrons. The van der Waals surface area contributed by atoms with Crippen LogP contribution in [0, 0.1) is 0 Å². The smallest absolute Gasteiger partial charge is 0.314 e. The summed E-state index contributed by atoms with van der Waals surface area (Å²) in [6, 6.07) is 0. The van der Waals surface area contributed by atoms with E-state index in [1.165, 1.54) is 0 Å². The fourth-order valence-corrected chi connectivity index (χ4v) is 0. The van der Waals surface area contributed by atoms with Gasteiger partial charge in [-0.3, -0.25) is 14.0 Å². The van der Waals surface area contributed by atoms with E-state index < -0.39 is 8.25 Å². The van der Waals surface area contributed by atoms with Gasteiger partial charge in [0, 0.05) is 0 Å². The molecule has 0 aromatic carbocycles. The molecular weight excluding hydrogens is 145 g/mol. The zero-order valence-corrected chi connectivity index (χ0v) is 5.03. The van der Waals surface area contributed by atoms with Gasteiger partial charge >= 0.3 is 8.25 Å². The third-order valence-electron chi connectivity index (χ3n) is 0. The van der Waals surface area contributed by atoms with Crippen LogP contribution in [-0.2, 0) is 4.57 Å². The van der Waals surface area contributed by atoms with Gasteiger partial charge in [0.2, 0.25) is 0 Å². The Kier molecular flexibility index (Phi) is 157. The van der Waals surface area contributed by atoms with Crippen molar-refractivity contribution < 1.29 is 23.8 Å². The Morgan fingerprint density at radius 2 is 1.00 bits per heavy atom. The maximum absolute atomic E-state index is 8.74. The molecule has 0 rings (SSSR count). The Bertz CT molecular complexity index is 38.3. The number of hydrogen-bond donors (Lipinski definition) is 4. The van der Waals surface area contributed by atoms with E-state index in [4.69, 9.17) is 14.4 Å². The first-order valence-electron chi connectivity index (χ1n) is 0.651. The number of halogens is 2. The van der Waals surface area contributed by atoms with Crippen LogP contribution < -0.4 is 12.3 Å². The van der Waals surface area contributed by atoms with Gasteiger partial charge in [-0.05, 0) is 0 Å². The topological polar surface area (TPSA) is 128 Å². The van der Waals surface area contributed by atoms with Crippen LogP contribution in [0.5, 0.6) is 0 Å². The maximum atomic E-state index is 8.74. The summed E-state index contributed by atoms with van der Waals surface area (Å²) in [7, 11) is -3.13. The molecule has 0 aliphatic carbocycles. The molecule has 0 aromatic rings. The molecule has 0 saturated carbocycles. The van der Waals surface area contributed by atoms with Crippen LogP contribution in [0.15, 0.2) is 0 Å². The number of rotatable bonds is 0. The average Bonchev–Trinajstić information content (AvgIpc) is 0.811. The highest BCUT2D eigenvalue weighted by Crippen LogP contribution is 1.98. The van der Waals surface area contributed by atoms with Crippen LogP contribution in [-0.4, -0.2) is 9.79 Å². The monoisotopic (exact) mass is 156 g/mol. The Morgan fingerprint density at radius 3 is 1.00 bits per heavy atom. The van der Waals surface area contributed by atoms with Crippen molar-refractivity contribution in [3.8, 4) is 0 Å². The normalized spacial score (nSPS) is 4.38. The summed E-state index contributed by atoms with van der Waals surface area (Å²) in [6.07, 6.45) is 0. The minimum Gasteiger partial charge on any atom is -0.344 e. The van der Waals surface area contributed by atoms with Crippen molar-refractivity contribution in [3.63, 3.8) is 0 Å². The average molecular weight is 156 g/mol. The van der Waals surface area contributed by atoms with Crippen LogP contribution >= 0.6 is 8.25 Å². The van der Waals surface area contributed by atoms with Crippen molar-refractivity contribution in [1.29, 1.82) is 0 Å². The molecule has 0 amide bonds. The molecule has 0 radical (unpaired) electrons. The fourth-order valence-electron chi connectivity index (χ4n) is 0. The summed E-state index contributed by atoms with van der Waals surface area (Å²) in [5.74, 6) is 0. The van der Waals surface area contributed by atoms with Gasteiger partial charge in [0.15, 0.2) is 0 Å². The Labute approximate surface area is 45.6 Å². The second kappa shape index (κ2) is 28.4. The van der Waals surface area contributed by atoms with E-state index in [0.29, 0.717) is 0 Å². The number of hydrogen-bond acceptors (Lipinski definition) is 3. The van der Waals surface area contributed by atoms with Crippen molar-refractivity contribution in [2.24, 2.45) is 0 Å². The minimum absolute atomic E-state index is 0. The van der Waals surface area contributed by atoms with Crippen molar-refractivity contribution in [2.75, 3.05) is 0 Å². The van der Waals surface area contributed by atoms with Gasteiger partial charge in [-0.2, -0.15) is 0 Å². The predicted molar refractivity (Wildman–Crippen MR) is 28.5 cm³/mol. The molecule has 0 aromatic heterocycles. The molecule has 8 heteroatoms. The summed E-state index contributed by atoms with van der Waals surface area (Å²) < 4.78 is 8.74. The third kappa shape index (κ3) is 29400. The molecule has 0 spiro atoms. The molecule has 0 aliphatic rings. The lowest BCUT2D eigenvalue weighted by atomic mass is 14.0. The summed E-state index contributed by atoms with van der Waals surface area (Å²) in [5.41, 5.74) is 0. The van der Waals surface area contributed by atoms with E-state index in [9.17, 15) is 0 Å². The van der Waals surface area contributed by atoms with Crippen LogP contribution in [0.4, 0.5) is 9.41 Å². The van der Waals surface area contributed by atoms with E-state index >= 15 is 0 Å². The SMILES string of the molecule is F.F.N.N.O=[PH](O)O.